The number of oxime groups is 1. The summed E-state index contributed by atoms with van der Waals surface area (Å²) in [6, 6.07) is 5.45. The maximum Gasteiger partial charge on any atom is 0.344 e. The minimum Gasteiger partial charge on any atom is -0.479 e. The van der Waals surface area contributed by atoms with E-state index in [1.54, 1.807) is 16.7 Å². The molecular weight excluding hydrogens is 246 g/mol. The smallest absolute Gasteiger partial charge is 0.344 e. The lowest BCUT2D eigenvalue weighted by atomic mass is 10.4. The molecule has 0 aliphatic rings. The molecule has 0 aliphatic carbocycles. The highest BCUT2D eigenvalue weighted by atomic mass is 35.5. The van der Waals surface area contributed by atoms with Gasteiger partial charge in [-0.3, -0.25) is 4.40 Å². The summed E-state index contributed by atoms with van der Waals surface area (Å²) in [6.45, 7) is -0.495. The quantitative estimate of drug-likeness (QED) is 0.660. The maximum atomic E-state index is 10.2. The lowest BCUT2D eigenvalue weighted by Crippen LogP contribution is -2.03. The third kappa shape index (κ3) is 2.54. The van der Waals surface area contributed by atoms with Crippen molar-refractivity contribution >= 4 is 29.4 Å². The van der Waals surface area contributed by atoms with Gasteiger partial charge in [-0.2, -0.15) is 0 Å². The second kappa shape index (κ2) is 4.84. The molecule has 2 aromatic heterocycles. The van der Waals surface area contributed by atoms with Crippen LogP contribution in [0, 0.1) is 0 Å². The van der Waals surface area contributed by atoms with Crippen molar-refractivity contribution in [3.05, 3.63) is 35.2 Å². The number of aromatic nitrogens is 2. The highest BCUT2D eigenvalue weighted by Crippen LogP contribution is 2.15. The lowest BCUT2D eigenvalue weighted by molar-refractivity contribution is -0.142. The monoisotopic (exact) mass is 253 g/mol. The van der Waals surface area contributed by atoms with E-state index in [1.165, 1.54) is 6.21 Å². The Morgan fingerprint density at radius 3 is 3.24 bits per heavy atom. The predicted octanol–water partition coefficient (Wildman–Crippen LogP) is 1.42. The van der Waals surface area contributed by atoms with Gasteiger partial charge in [0.1, 0.15) is 11.3 Å². The molecule has 17 heavy (non-hydrogen) atoms. The fourth-order valence-corrected chi connectivity index (χ4v) is 1.51. The summed E-state index contributed by atoms with van der Waals surface area (Å²) < 4.78 is 1.72. The Morgan fingerprint density at radius 1 is 1.65 bits per heavy atom. The Balaban J connectivity index is 2.23. The summed E-state index contributed by atoms with van der Waals surface area (Å²) in [4.78, 5) is 18.8. The van der Waals surface area contributed by atoms with Gasteiger partial charge in [-0.25, -0.2) is 9.78 Å². The summed E-state index contributed by atoms with van der Waals surface area (Å²) in [7, 11) is 0. The minimum absolute atomic E-state index is 0.277. The molecule has 0 unspecified atom stereocenters. The van der Waals surface area contributed by atoms with Crippen molar-refractivity contribution < 1.29 is 14.7 Å². The molecule has 0 saturated carbocycles. The normalized spacial score (nSPS) is 11.1. The Bertz CT molecular complexity index is 579. The van der Waals surface area contributed by atoms with Gasteiger partial charge in [-0.15, -0.1) is 0 Å². The average molecular weight is 254 g/mol. The second-order valence-electron chi connectivity index (χ2n) is 3.12. The van der Waals surface area contributed by atoms with Crippen LogP contribution in [0.5, 0.6) is 0 Å². The molecule has 2 heterocycles. The zero-order valence-electron chi connectivity index (χ0n) is 8.58. The van der Waals surface area contributed by atoms with Gasteiger partial charge in [0.05, 0.1) is 6.21 Å². The number of aliphatic carboxylic acids is 1. The van der Waals surface area contributed by atoms with Crippen molar-refractivity contribution in [2.45, 2.75) is 0 Å². The van der Waals surface area contributed by atoms with Crippen molar-refractivity contribution in [1.82, 2.24) is 9.38 Å². The van der Waals surface area contributed by atoms with Crippen LogP contribution in [0.1, 0.15) is 5.69 Å². The third-order valence-electron chi connectivity index (χ3n) is 1.96. The van der Waals surface area contributed by atoms with Crippen molar-refractivity contribution in [3.8, 4) is 0 Å². The van der Waals surface area contributed by atoms with E-state index < -0.39 is 12.6 Å². The molecular formula is C10H8ClN3O3. The molecule has 0 atom stereocenters. The maximum absolute atomic E-state index is 10.2. The molecule has 6 nitrogen and oxygen atoms in total. The van der Waals surface area contributed by atoms with Crippen LogP contribution in [-0.2, 0) is 9.63 Å². The van der Waals surface area contributed by atoms with Gasteiger partial charge in [-0.05, 0) is 12.1 Å². The molecule has 7 heteroatoms. The molecule has 1 N–H and O–H groups in total. The number of hydrogen-bond donors (Lipinski definition) is 1. The van der Waals surface area contributed by atoms with Crippen LogP contribution in [-0.4, -0.2) is 33.3 Å². The Morgan fingerprint density at radius 2 is 2.47 bits per heavy atom. The predicted molar refractivity (Wildman–Crippen MR) is 61.4 cm³/mol. The molecule has 0 amide bonds. The van der Waals surface area contributed by atoms with Gasteiger partial charge in [0, 0.05) is 6.20 Å². The van der Waals surface area contributed by atoms with E-state index in [-0.39, 0.29) is 5.15 Å². The zero-order valence-corrected chi connectivity index (χ0v) is 9.33. The molecule has 0 radical (unpaired) electrons. The van der Waals surface area contributed by atoms with Crippen LogP contribution in [0.3, 0.4) is 0 Å². The standard InChI is InChI=1S/C10H8ClN3O3/c11-10-7(5-12-17-6-9(15)16)14-4-2-1-3-8(14)13-10/h1-5H,6H2,(H,15,16). The number of rotatable bonds is 4. The van der Waals surface area contributed by atoms with E-state index in [0.29, 0.717) is 11.3 Å². The molecule has 0 fully saturated rings. The van der Waals surface area contributed by atoms with Crippen molar-refractivity contribution in [2.24, 2.45) is 5.16 Å². The highest BCUT2D eigenvalue weighted by Gasteiger charge is 2.07. The summed E-state index contributed by atoms with van der Waals surface area (Å²) in [5, 5.41) is 12.1. The number of nitrogens with zero attached hydrogens (tertiary/aromatic N) is 3. The van der Waals surface area contributed by atoms with Crippen LogP contribution >= 0.6 is 11.6 Å². The molecule has 0 spiro atoms. The van der Waals surface area contributed by atoms with Crippen LogP contribution in [0.25, 0.3) is 5.65 Å². The Labute approximate surface area is 101 Å². The summed E-state index contributed by atoms with van der Waals surface area (Å²) in [5.74, 6) is -1.09. The van der Waals surface area contributed by atoms with Crippen molar-refractivity contribution in [3.63, 3.8) is 0 Å². The van der Waals surface area contributed by atoms with E-state index in [2.05, 4.69) is 15.0 Å². The minimum atomic E-state index is -1.09. The second-order valence-corrected chi connectivity index (χ2v) is 3.48. The van der Waals surface area contributed by atoms with Gasteiger partial charge < -0.3 is 9.94 Å². The van der Waals surface area contributed by atoms with Gasteiger partial charge in [0.25, 0.3) is 0 Å². The number of pyridine rings is 1. The van der Waals surface area contributed by atoms with Gasteiger partial charge >= 0.3 is 5.97 Å². The molecule has 2 rings (SSSR count). The van der Waals surface area contributed by atoms with E-state index in [9.17, 15) is 4.79 Å². The van der Waals surface area contributed by atoms with Crippen molar-refractivity contribution in [1.29, 1.82) is 0 Å². The Kier molecular flexibility index (Phi) is 3.24. The summed E-state index contributed by atoms with van der Waals surface area (Å²) in [5.41, 5.74) is 1.21. The Hall–Kier alpha value is -2.08. The average Bonchev–Trinajstić information content (AvgIpc) is 2.60. The molecule has 0 bridgehead atoms. The fourth-order valence-electron chi connectivity index (χ4n) is 1.28. The van der Waals surface area contributed by atoms with Crippen LogP contribution in [0.4, 0.5) is 0 Å². The fraction of sp³-hybridized carbons (Fsp3) is 0.100. The highest BCUT2D eigenvalue weighted by molar-refractivity contribution is 6.32. The van der Waals surface area contributed by atoms with E-state index >= 15 is 0 Å². The molecule has 2 aromatic rings. The summed E-state index contributed by atoms with van der Waals surface area (Å²) in [6.07, 6.45) is 3.10. The number of carbonyl (C=O) groups is 1. The lowest BCUT2D eigenvalue weighted by Gasteiger charge is -1.95. The number of hydrogen-bond acceptors (Lipinski definition) is 4. The van der Waals surface area contributed by atoms with Crippen LogP contribution in [0.2, 0.25) is 5.15 Å². The SMILES string of the molecule is O=C(O)CON=Cc1c(Cl)nc2ccccn12. The van der Waals surface area contributed by atoms with Crippen LogP contribution in [0.15, 0.2) is 29.6 Å². The number of halogens is 1. The number of imidazole rings is 1. The third-order valence-corrected chi connectivity index (χ3v) is 2.24. The summed E-state index contributed by atoms with van der Waals surface area (Å²) >= 11 is 5.91. The first kappa shape index (κ1) is 11.4. The van der Waals surface area contributed by atoms with Gasteiger partial charge in [-0.1, -0.05) is 22.8 Å². The zero-order chi connectivity index (χ0) is 12.3. The van der Waals surface area contributed by atoms with Crippen LogP contribution < -0.4 is 0 Å². The first-order valence-electron chi connectivity index (χ1n) is 4.68. The van der Waals surface area contributed by atoms with E-state index in [1.807, 2.05) is 12.1 Å². The molecule has 0 saturated heterocycles. The van der Waals surface area contributed by atoms with E-state index in [0.717, 1.165) is 0 Å². The number of fused-ring (bicyclic) bond motifs is 1. The van der Waals surface area contributed by atoms with Gasteiger partial charge in [0.15, 0.2) is 5.15 Å². The first-order valence-corrected chi connectivity index (χ1v) is 5.06. The van der Waals surface area contributed by atoms with Crippen molar-refractivity contribution in [2.75, 3.05) is 6.61 Å². The first-order chi connectivity index (χ1) is 8.18. The van der Waals surface area contributed by atoms with E-state index in [4.69, 9.17) is 16.7 Å². The molecule has 0 aliphatic heterocycles. The van der Waals surface area contributed by atoms with Gasteiger partial charge in [0.2, 0.25) is 6.61 Å². The molecule has 0 aromatic carbocycles. The molecule has 88 valence electrons. The topological polar surface area (TPSA) is 76.2 Å². The number of carboxylic acid groups (broad SMARTS) is 1. The number of carboxylic acids is 1. The largest absolute Gasteiger partial charge is 0.479 e.